The number of quaternary nitrogens is 1. The molecule has 0 spiro atoms. The number of benzene rings is 2. The van der Waals surface area contributed by atoms with Gasteiger partial charge in [0.25, 0.3) is 5.91 Å². The molecule has 3 rings (SSSR count). The van der Waals surface area contributed by atoms with Crippen molar-refractivity contribution in [1.29, 1.82) is 0 Å². The van der Waals surface area contributed by atoms with Crippen LogP contribution in [0, 0.1) is 18.6 Å². The smallest absolute Gasteiger partial charge is 0.266 e. The molecule has 0 aliphatic heterocycles. The Kier molecular flexibility index (Phi) is 6.44. The molecule has 1 aromatic heterocycles. The topological polar surface area (TPSA) is 46.9 Å². The maximum atomic E-state index is 14.3. The second kappa shape index (κ2) is 8.84. The van der Waals surface area contributed by atoms with E-state index in [0.29, 0.717) is 29.4 Å². The van der Waals surface area contributed by atoms with E-state index < -0.39 is 23.1 Å². The second-order valence-electron chi connectivity index (χ2n) is 7.12. The number of thiazole rings is 1. The number of aryl methyl sites for hydroxylation is 1. The van der Waals surface area contributed by atoms with Gasteiger partial charge in [-0.25, -0.2) is 13.8 Å². The average molecular weight is 421 g/mol. The summed E-state index contributed by atoms with van der Waals surface area (Å²) >= 11 is 1.32. The number of aromatic nitrogens is 1. The van der Waals surface area contributed by atoms with Gasteiger partial charge in [-0.15, -0.1) is 0 Å². The Hall–Kier alpha value is -2.58. The quantitative estimate of drug-likeness (QED) is 0.639. The highest BCUT2D eigenvalue weighted by molar-refractivity contribution is 7.22. The van der Waals surface area contributed by atoms with Gasteiger partial charge >= 0.3 is 0 Å². The third-order valence-corrected chi connectivity index (χ3v) is 5.84. The highest BCUT2D eigenvalue weighted by Crippen LogP contribution is 2.37. The first-order valence-corrected chi connectivity index (χ1v) is 10.1. The number of methoxy groups -OCH3 is 1. The molecule has 8 heteroatoms. The molecule has 3 aromatic rings. The van der Waals surface area contributed by atoms with Gasteiger partial charge in [0, 0.05) is 13.0 Å². The molecule has 0 unspecified atom stereocenters. The van der Waals surface area contributed by atoms with E-state index in [4.69, 9.17) is 4.74 Å². The zero-order valence-electron chi connectivity index (χ0n) is 16.9. The molecular weight excluding hydrogens is 396 g/mol. The molecule has 0 radical (unpaired) electrons. The normalized spacial score (nSPS) is 11.3. The minimum Gasteiger partial charge on any atom is -0.494 e. The van der Waals surface area contributed by atoms with E-state index in [0.717, 1.165) is 28.9 Å². The number of ether oxygens (including phenoxy) is 1. The molecule has 0 bridgehead atoms. The van der Waals surface area contributed by atoms with E-state index in [1.165, 1.54) is 27.2 Å². The number of nitrogens with one attached hydrogen (secondary N) is 1. The summed E-state index contributed by atoms with van der Waals surface area (Å²) in [5.74, 6) is -1.90. The van der Waals surface area contributed by atoms with E-state index in [1.54, 1.807) is 7.11 Å². The number of nitrogens with zero attached hydrogens (tertiary/aromatic N) is 2. The molecule has 0 atom stereocenters. The molecule has 2 aromatic carbocycles. The molecule has 1 N–H and O–H groups in total. The van der Waals surface area contributed by atoms with Gasteiger partial charge < -0.3 is 9.64 Å². The van der Waals surface area contributed by atoms with Gasteiger partial charge in [-0.2, -0.15) is 0 Å². The van der Waals surface area contributed by atoms with Crippen LogP contribution in [-0.4, -0.2) is 45.2 Å². The molecule has 0 aliphatic rings. The summed E-state index contributed by atoms with van der Waals surface area (Å²) in [5, 5.41) is 0.397. The van der Waals surface area contributed by atoms with Crippen molar-refractivity contribution < 1.29 is 23.2 Å². The van der Waals surface area contributed by atoms with Crippen molar-refractivity contribution in [2.24, 2.45) is 0 Å². The molecule has 0 saturated heterocycles. The molecule has 29 heavy (non-hydrogen) atoms. The Labute approximate surface area is 172 Å². The first kappa shape index (κ1) is 21.1. The van der Waals surface area contributed by atoms with Gasteiger partial charge in [0.15, 0.2) is 5.13 Å². The summed E-state index contributed by atoms with van der Waals surface area (Å²) in [6, 6.07) is 7.15. The molecule has 154 valence electrons. The lowest BCUT2D eigenvalue weighted by Gasteiger charge is -2.21. The minimum absolute atomic E-state index is 0.305. The van der Waals surface area contributed by atoms with Crippen molar-refractivity contribution >= 4 is 32.6 Å². The summed E-state index contributed by atoms with van der Waals surface area (Å²) in [6.07, 6.45) is 0.663. The third-order valence-electron chi connectivity index (χ3n) is 4.62. The Bertz CT molecular complexity index is 1020. The first-order valence-electron chi connectivity index (χ1n) is 9.32. The first-order chi connectivity index (χ1) is 13.8. The number of carbonyl (C=O) groups is 1. The van der Waals surface area contributed by atoms with Gasteiger partial charge in [0.2, 0.25) is 0 Å². The fraction of sp³-hybridized carbons (Fsp3) is 0.333. The summed E-state index contributed by atoms with van der Waals surface area (Å²) in [5.41, 5.74) is 1.07. The van der Waals surface area contributed by atoms with Crippen LogP contribution in [-0.2, 0) is 0 Å². The van der Waals surface area contributed by atoms with Crippen LogP contribution in [0.5, 0.6) is 5.75 Å². The number of hydrogen-bond donors (Lipinski definition) is 1. The van der Waals surface area contributed by atoms with Crippen molar-refractivity contribution in [2.75, 3.05) is 39.2 Å². The Morgan fingerprint density at radius 1 is 1.21 bits per heavy atom. The van der Waals surface area contributed by atoms with Crippen LogP contribution in [0.4, 0.5) is 13.9 Å². The highest BCUT2D eigenvalue weighted by Gasteiger charge is 2.27. The van der Waals surface area contributed by atoms with Crippen LogP contribution < -0.4 is 14.5 Å². The summed E-state index contributed by atoms with van der Waals surface area (Å²) in [7, 11) is 5.57. The van der Waals surface area contributed by atoms with Crippen molar-refractivity contribution in [3.63, 3.8) is 0 Å². The minimum atomic E-state index is -0.881. The Morgan fingerprint density at radius 2 is 1.90 bits per heavy atom. The van der Waals surface area contributed by atoms with Crippen LogP contribution in [0.15, 0.2) is 30.3 Å². The van der Waals surface area contributed by atoms with Crippen molar-refractivity contribution in [3.05, 3.63) is 53.1 Å². The SMILES string of the molecule is COc1ccc(C)c2sc(N(CCC[NH+](C)C)C(=O)c3c(F)cccc3F)nc12. The monoisotopic (exact) mass is 420 g/mol. The number of rotatable bonds is 7. The number of carbonyl (C=O) groups excluding carboxylic acids is 1. The van der Waals surface area contributed by atoms with Crippen LogP contribution >= 0.6 is 11.3 Å². The van der Waals surface area contributed by atoms with Gasteiger partial charge in [-0.1, -0.05) is 23.5 Å². The number of amides is 1. The van der Waals surface area contributed by atoms with Crippen LogP contribution in [0.1, 0.15) is 22.3 Å². The molecule has 1 amide bonds. The standard InChI is InChI=1S/C21H23F2N3O2S/c1-13-9-10-16(28-4)18-19(13)29-21(24-18)26(12-6-11-25(2)3)20(27)17-14(22)7-5-8-15(17)23/h5,7-10H,6,11-12H2,1-4H3/p+1. The lowest BCUT2D eigenvalue weighted by molar-refractivity contribution is -0.858. The largest absolute Gasteiger partial charge is 0.494 e. The maximum absolute atomic E-state index is 14.3. The van der Waals surface area contributed by atoms with E-state index in [2.05, 4.69) is 4.98 Å². The molecule has 0 fully saturated rings. The number of halogens is 2. The number of hydrogen-bond acceptors (Lipinski definition) is 4. The summed E-state index contributed by atoms with van der Waals surface area (Å²) in [4.78, 5) is 20.3. The van der Waals surface area contributed by atoms with Crippen molar-refractivity contribution in [3.8, 4) is 5.75 Å². The highest BCUT2D eigenvalue weighted by atomic mass is 32.1. The van der Waals surface area contributed by atoms with Gasteiger partial charge in [0.1, 0.15) is 28.5 Å². The molecule has 5 nitrogen and oxygen atoms in total. The van der Waals surface area contributed by atoms with E-state index in [-0.39, 0.29) is 0 Å². The van der Waals surface area contributed by atoms with Crippen molar-refractivity contribution in [1.82, 2.24) is 4.98 Å². The zero-order valence-corrected chi connectivity index (χ0v) is 17.7. The van der Waals surface area contributed by atoms with Crippen molar-refractivity contribution in [2.45, 2.75) is 13.3 Å². The average Bonchev–Trinajstić information content (AvgIpc) is 3.11. The van der Waals surface area contributed by atoms with Gasteiger partial charge in [-0.05, 0) is 30.7 Å². The third kappa shape index (κ3) is 4.38. The van der Waals surface area contributed by atoms with E-state index in [1.807, 2.05) is 33.2 Å². The zero-order chi connectivity index (χ0) is 21.1. The predicted octanol–water partition coefficient (Wildman–Crippen LogP) is 3.07. The van der Waals surface area contributed by atoms with Gasteiger partial charge in [0.05, 0.1) is 32.4 Å². The fourth-order valence-corrected chi connectivity index (χ4v) is 4.17. The van der Waals surface area contributed by atoms with Gasteiger partial charge in [-0.3, -0.25) is 9.69 Å². The summed E-state index contributed by atoms with van der Waals surface area (Å²) in [6.45, 7) is 3.05. The Balaban J connectivity index is 2.07. The Morgan fingerprint density at radius 3 is 2.52 bits per heavy atom. The van der Waals surface area contributed by atoms with E-state index in [9.17, 15) is 13.6 Å². The molecule has 0 aliphatic carbocycles. The molecule has 1 heterocycles. The van der Waals surface area contributed by atoms with Crippen LogP contribution in [0.3, 0.4) is 0 Å². The molecular formula is C21H24F2N3O2S+. The molecule has 0 saturated carbocycles. The lowest BCUT2D eigenvalue weighted by Crippen LogP contribution is -3.05. The summed E-state index contributed by atoms with van der Waals surface area (Å²) < 4.78 is 34.8. The number of anilines is 1. The maximum Gasteiger partial charge on any atom is 0.266 e. The van der Waals surface area contributed by atoms with Crippen LogP contribution in [0.25, 0.3) is 10.2 Å². The van der Waals surface area contributed by atoms with Crippen LogP contribution in [0.2, 0.25) is 0 Å². The van der Waals surface area contributed by atoms with E-state index >= 15 is 0 Å². The number of fused-ring (bicyclic) bond motifs is 1. The predicted molar refractivity (Wildman–Crippen MR) is 111 cm³/mol. The lowest BCUT2D eigenvalue weighted by atomic mass is 10.1. The second-order valence-corrected chi connectivity index (χ2v) is 8.10. The fourth-order valence-electron chi connectivity index (χ4n) is 3.09.